The molecule has 0 aliphatic rings. The van der Waals surface area contributed by atoms with Crippen molar-refractivity contribution in [1.29, 1.82) is 0 Å². The number of carbonyl (C=O) groups is 1. The van der Waals surface area contributed by atoms with Crippen LogP contribution in [0.5, 0.6) is 0 Å². The zero-order valence-corrected chi connectivity index (χ0v) is 11.8. The zero-order valence-electron chi connectivity index (χ0n) is 9.40. The molecule has 1 rings (SSSR count). The minimum absolute atomic E-state index is 0.0722. The van der Waals surface area contributed by atoms with Gasteiger partial charge in [-0.15, -0.1) is 11.8 Å². The maximum Gasteiger partial charge on any atom is 0.309 e. The third-order valence-corrected chi connectivity index (χ3v) is 4.30. The van der Waals surface area contributed by atoms with E-state index in [-0.39, 0.29) is 11.9 Å². The standard InChI is InChI=1S/C12H15BrO2S/c1-3-15-12(14)9(2)8-16-11-7-5-4-6-10(11)13/h4-7,9H,3,8H2,1-2H3. The average Bonchev–Trinajstić information content (AvgIpc) is 2.28. The third-order valence-electron chi connectivity index (χ3n) is 2.01. The lowest BCUT2D eigenvalue weighted by molar-refractivity contribution is -0.146. The molecule has 0 bridgehead atoms. The fourth-order valence-corrected chi connectivity index (χ4v) is 2.70. The van der Waals surface area contributed by atoms with Crippen LogP contribution in [-0.2, 0) is 9.53 Å². The normalized spacial score (nSPS) is 12.2. The van der Waals surface area contributed by atoms with E-state index in [0.29, 0.717) is 6.61 Å². The predicted molar refractivity (Wildman–Crippen MR) is 70.7 cm³/mol. The Morgan fingerprint density at radius 1 is 1.50 bits per heavy atom. The van der Waals surface area contributed by atoms with E-state index in [0.717, 1.165) is 15.1 Å². The predicted octanol–water partition coefficient (Wildman–Crippen LogP) is 3.74. The Morgan fingerprint density at radius 2 is 2.19 bits per heavy atom. The lowest BCUT2D eigenvalue weighted by Gasteiger charge is -2.10. The molecule has 1 atom stereocenters. The van der Waals surface area contributed by atoms with Crippen molar-refractivity contribution in [2.24, 2.45) is 5.92 Å². The van der Waals surface area contributed by atoms with E-state index >= 15 is 0 Å². The van der Waals surface area contributed by atoms with Gasteiger partial charge < -0.3 is 4.74 Å². The van der Waals surface area contributed by atoms with E-state index in [1.54, 1.807) is 11.8 Å². The van der Waals surface area contributed by atoms with Gasteiger partial charge in [-0.2, -0.15) is 0 Å². The van der Waals surface area contributed by atoms with Crippen LogP contribution >= 0.6 is 27.7 Å². The van der Waals surface area contributed by atoms with E-state index in [2.05, 4.69) is 15.9 Å². The summed E-state index contributed by atoms with van der Waals surface area (Å²) in [5.74, 6) is 0.542. The highest BCUT2D eigenvalue weighted by molar-refractivity contribution is 9.10. The summed E-state index contributed by atoms with van der Waals surface area (Å²) in [6, 6.07) is 8.00. The summed E-state index contributed by atoms with van der Waals surface area (Å²) in [7, 11) is 0. The molecule has 2 nitrogen and oxygen atoms in total. The minimum Gasteiger partial charge on any atom is -0.466 e. The van der Waals surface area contributed by atoms with Crippen molar-refractivity contribution in [1.82, 2.24) is 0 Å². The van der Waals surface area contributed by atoms with E-state index in [9.17, 15) is 4.79 Å². The molecule has 4 heteroatoms. The van der Waals surface area contributed by atoms with Crippen molar-refractivity contribution < 1.29 is 9.53 Å². The lowest BCUT2D eigenvalue weighted by atomic mass is 10.2. The summed E-state index contributed by atoms with van der Waals surface area (Å²) in [4.78, 5) is 12.6. The van der Waals surface area contributed by atoms with Gasteiger partial charge in [0.2, 0.25) is 0 Å². The van der Waals surface area contributed by atoms with Gasteiger partial charge in [0, 0.05) is 15.1 Å². The number of hydrogen-bond donors (Lipinski definition) is 0. The van der Waals surface area contributed by atoms with Crippen LogP contribution in [-0.4, -0.2) is 18.3 Å². The van der Waals surface area contributed by atoms with E-state index < -0.39 is 0 Å². The topological polar surface area (TPSA) is 26.3 Å². The summed E-state index contributed by atoms with van der Waals surface area (Å²) in [6.45, 7) is 4.16. The molecule has 0 aliphatic carbocycles. The fraction of sp³-hybridized carbons (Fsp3) is 0.417. The van der Waals surface area contributed by atoms with Gasteiger partial charge in [-0.25, -0.2) is 0 Å². The number of thioether (sulfide) groups is 1. The van der Waals surface area contributed by atoms with Gasteiger partial charge in [-0.1, -0.05) is 19.1 Å². The molecule has 1 aromatic carbocycles. The van der Waals surface area contributed by atoms with Gasteiger partial charge in [0.15, 0.2) is 0 Å². The highest BCUT2D eigenvalue weighted by atomic mass is 79.9. The molecular weight excluding hydrogens is 288 g/mol. The summed E-state index contributed by atoms with van der Waals surface area (Å²) in [5.41, 5.74) is 0. The molecule has 0 fully saturated rings. The summed E-state index contributed by atoms with van der Waals surface area (Å²) < 4.78 is 6.02. The molecule has 0 aromatic heterocycles. The van der Waals surface area contributed by atoms with Crippen LogP contribution in [0.25, 0.3) is 0 Å². The minimum atomic E-state index is -0.123. The van der Waals surface area contributed by atoms with E-state index in [1.807, 2.05) is 38.1 Å². The first-order valence-corrected chi connectivity index (χ1v) is 6.97. The Bertz CT molecular complexity index is 355. The van der Waals surface area contributed by atoms with Crippen LogP contribution < -0.4 is 0 Å². The molecule has 88 valence electrons. The van der Waals surface area contributed by atoms with Gasteiger partial charge in [-0.05, 0) is 35.0 Å². The SMILES string of the molecule is CCOC(=O)C(C)CSc1ccccc1Br. The van der Waals surface area contributed by atoms with Crippen LogP contribution in [0.1, 0.15) is 13.8 Å². The number of halogens is 1. The Hall–Kier alpha value is -0.480. The molecule has 0 N–H and O–H groups in total. The maximum absolute atomic E-state index is 11.4. The summed E-state index contributed by atoms with van der Waals surface area (Å²) in [6.07, 6.45) is 0. The van der Waals surface area contributed by atoms with Gasteiger partial charge in [0.1, 0.15) is 0 Å². The second-order valence-corrected chi connectivity index (χ2v) is 5.31. The molecule has 0 radical (unpaired) electrons. The molecule has 0 saturated heterocycles. The molecule has 1 unspecified atom stereocenters. The lowest BCUT2D eigenvalue weighted by Crippen LogP contribution is -2.16. The smallest absolute Gasteiger partial charge is 0.309 e. The van der Waals surface area contributed by atoms with E-state index in [4.69, 9.17) is 4.74 Å². The van der Waals surface area contributed by atoms with Crippen molar-refractivity contribution in [3.8, 4) is 0 Å². The second-order valence-electron chi connectivity index (χ2n) is 3.39. The number of benzene rings is 1. The van der Waals surface area contributed by atoms with Crippen molar-refractivity contribution in [2.75, 3.05) is 12.4 Å². The van der Waals surface area contributed by atoms with E-state index in [1.165, 1.54) is 0 Å². The molecule has 0 aliphatic heterocycles. The van der Waals surface area contributed by atoms with Crippen LogP contribution in [0.15, 0.2) is 33.6 Å². The maximum atomic E-state index is 11.4. The first-order valence-electron chi connectivity index (χ1n) is 5.19. The van der Waals surface area contributed by atoms with Crippen molar-refractivity contribution in [2.45, 2.75) is 18.7 Å². The molecule has 0 amide bonds. The quantitative estimate of drug-likeness (QED) is 0.612. The zero-order chi connectivity index (χ0) is 12.0. The van der Waals surface area contributed by atoms with Gasteiger partial charge in [-0.3, -0.25) is 4.79 Å². The number of rotatable bonds is 5. The number of carbonyl (C=O) groups excluding carboxylic acids is 1. The van der Waals surface area contributed by atoms with Crippen molar-refractivity contribution in [3.63, 3.8) is 0 Å². The highest BCUT2D eigenvalue weighted by Crippen LogP contribution is 2.28. The van der Waals surface area contributed by atoms with Crippen molar-refractivity contribution in [3.05, 3.63) is 28.7 Å². The fourth-order valence-electron chi connectivity index (χ4n) is 1.13. The number of esters is 1. The summed E-state index contributed by atoms with van der Waals surface area (Å²) in [5, 5.41) is 0. The first kappa shape index (κ1) is 13.6. The van der Waals surface area contributed by atoms with Gasteiger partial charge >= 0.3 is 5.97 Å². The van der Waals surface area contributed by atoms with Crippen LogP contribution in [0, 0.1) is 5.92 Å². The Kier molecular flexibility index (Phi) is 5.91. The van der Waals surface area contributed by atoms with Gasteiger partial charge in [0.25, 0.3) is 0 Å². The molecule has 1 aromatic rings. The molecular formula is C12H15BrO2S. The second kappa shape index (κ2) is 6.97. The van der Waals surface area contributed by atoms with Crippen molar-refractivity contribution >= 4 is 33.7 Å². The van der Waals surface area contributed by atoms with Crippen LogP contribution in [0.3, 0.4) is 0 Å². The highest BCUT2D eigenvalue weighted by Gasteiger charge is 2.14. The molecule has 16 heavy (non-hydrogen) atoms. The molecule has 0 heterocycles. The average molecular weight is 303 g/mol. The number of ether oxygens (including phenoxy) is 1. The first-order chi connectivity index (χ1) is 7.65. The largest absolute Gasteiger partial charge is 0.466 e. The van der Waals surface area contributed by atoms with Crippen LogP contribution in [0.2, 0.25) is 0 Å². The Balaban J connectivity index is 2.46. The Labute approximate surface area is 109 Å². The molecule has 0 spiro atoms. The Morgan fingerprint density at radius 3 is 2.81 bits per heavy atom. The monoisotopic (exact) mass is 302 g/mol. The molecule has 0 saturated carbocycles. The van der Waals surface area contributed by atoms with Gasteiger partial charge in [0.05, 0.1) is 12.5 Å². The summed E-state index contributed by atoms with van der Waals surface area (Å²) >= 11 is 5.14. The third kappa shape index (κ3) is 4.18. The van der Waals surface area contributed by atoms with Crippen LogP contribution in [0.4, 0.5) is 0 Å². The number of hydrogen-bond acceptors (Lipinski definition) is 3.